The maximum atomic E-state index is 10.6. The third-order valence-electron chi connectivity index (χ3n) is 1.10. The van der Waals surface area contributed by atoms with Crippen LogP contribution in [0.2, 0.25) is 0 Å². The van der Waals surface area contributed by atoms with Crippen molar-refractivity contribution in [1.29, 1.82) is 5.41 Å². The first-order valence-corrected chi connectivity index (χ1v) is 5.60. The molecule has 5 nitrogen and oxygen atoms in total. The molecule has 0 saturated carbocycles. The quantitative estimate of drug-likeness (QED) is 0.407. The zero-order chi connectivity index (χ0) is 9.61. The summed E-state index contributed by atoms with van der Waals surface area (Å²) in [7, 11) is -3.18. The normalized spacial score (nSPS) is 11.2. The molecule has 0 heterocycles. The molecule has 0 rings (SSSR count). The van der Waals surface area contributed by atoms with Crippen molar-refractivity contribution in [3.8, 4) is 0 Å². The Hall–Kier alpha value is -0.620. The number of sulfonamides is 1. The molecule has 0 bridgehead atoms. The second-order valence-electron chi connectivity index (χ2n) is 2.50. The van der Waals surface area contributed by atoms with Crippen LogP contribution in [0, 0.1) is 5.41 Å². The van der Waals surface area contributed by atoms with Crippen LogP contribution in [-0.2, 0) is 10.0 Å². The summed E-state index contributed by atoms with van der Waals surface area (Å²) in [6.45, 7) is 2.72. The molecule has 0 aromatic heterocycles. The van der Waals surface area contributed by atoms with E-state index in [1.165, 1.54) is 0 Å². The lowest BCUT2D eigenvalue weighted by Gasteiger charge is -2.05. The van der Waals surface area contributed by atoms with Gasteiger partial charge in [0.15, 0.2) is 0 Å². The Balaban J connectivity index is 3.58. The van der Waals surface area contributed by atoms with Crippen LogP contribution in [0.3, 0.4) is 0 Å². The second kappa shape index (κ2) is 5.10. The fraction of sp³-hybridized carbons (Fsp3) is 0.833. The topological polar surface area (TPSA) is 82.1 Å². The zero-order valence-electron chi connectivity index (χ0n) is 7.35. The molecule has 0 fully saturated rings. The summed E-state index contributed by atoms with van der Waals surface area (Å²) < 4.78 is 23.4. The average Bonchev–Trinajstić information content (AvgIpc) is 1.95. The summed E-state index contributed by atoms with van der Waals surface area (Å²) in [5.41, 5.74) is 0. The van der Waals surface area contributed by atoms with Crippen LogP contribution in [-0.4, -0.2) is 33.6 Å². The van der Waals surface area contributed by atoms with Gasteiger partial charge in [-0.15, -0.1) is 0 Å². The first-order valence-electron chi connectivity index (χ1n) is 3.71. The smallest absolute Gasteiger partial charge is 0.209 e. The number of hydrogen-bond acceptors (Lipinski definition) is 3. The van der Waals surface area contributed by atoms with E-state index in [9.17, 15) is 8.42 Å². The maximum absolute atomic E-state index is 10.6. The van der Waals surface area contributed by atoms with Crippen LogP contribution in [0.4, 0.5) is 0 Å². The van der Waals surface area contributed by atoms with Gasteiger partial charge in [-0.1, -0.05) is 6.92 Å². The highest BCUT2D eigenvalue weighted by molar-refractivity contribution is 7.88. The molecule has 0 radical (unpaired) electrons. The fourth-order valence-electron chi connectivity index (χ4n) is 0.542. The van der Waals surface area contributed by atoms with Gasteiger partial charge in [0.1, 0.15) is 5.84 Å². The highest BCUT2D eigenvalue weighted by atomic mass is 32.2. The van der Waals surface area contributed by atoms with Gasteiger partial charge < -0.3 is 5.32 Å². The van der Waals surface area contributed by atoms with Crippen LogP contribution in [0.15, 0.2) is 0 Å². The van der Waals surface area contributed by atoms with Gasteiger partial charge in [-0.05, 0) is 6.42 Å². The fourth-order valence-corrected chi connectivity index (χ4v) is 0.948. The molecular formula is C6H15N3O2S. The van der Waals surface area contributed by atoms with E-state index < -0.39 is 10.0 Å². The summed E-state index contributed by atoms with van der Waals surface area (Å²) in [6.07, 6.45) is 1.99. The standard InChI is InChI=1S/C6H15N3O2S/c1-3-4-8-6(7)5-9-12(2,10)11/h9H,3-5H2,1-2H3,(H2,7,8). The molecule has 3 N–H and O–H groups in total. The zero-order valence-corrected chi connectivity index (χ0v) is 8.16. The Morgan fingerprint density at radius 3 is 2.50 bits per heavy atom. The van der Waals surface area contributed by atoms with Crippen molar-refractivity contribution in [1.82, 2.24) is 10.0 Å². The molecule has 6 heteroatoms. The molecule has 0 aliphatic rings. The Kier molecular flexibility index (Phi) is 4.84. The van der Waals surface area contributed by atoms with E-state index in [-0.39, 0.29) is 12.4 Å². The monoisotopic (exact) mass is 193 g/mol. The molecule has 12 heavy (non-hydrogen) atoms. The molecule has 0 saturated heterocycles. The first-order chi connectivity index (χ1) is 5.45. The van der Waals surface area contributed by atoms with Crippen LogP contribution in [0.25, 0.3) is 0 Å². The van der Waals surface area contributed by atoms with Gasteiger partial charge in [0.2, 0.25) is 10.0 Å². The Labute approximate surface area is 73.1 Å². The van der Waals surface area contributed by atoms with E-state index in [1.54, 1.807) is 0 Å². The third kappa shape index (κ3) is 7.49. The predicted molar refractivity (Wildman–Crippen MR) is 48.9 cm³/mol. The molecule has 0 aromatic carbocycles. The molecule has 0 amide bonds. The Bertz CT molecular complexity index is 235. The summed E-state index contributed by atoms with van der Waals surface area (Å²) in [6, 6.07) is 0. The lowest BCUT2D eigenvalue weighted by molar-refractivity contribution is 0.592. The summed E-state index contributed by atoms with van der Waals surface area (Å²) in [5.74, 6) is 0.197. The molecule has 0 spiro atoms. The lowest BCUT2D eigenvalue weighted by atomic mass is 10.4. The largest absolute Gasteiger partial charge is 0.373 e. The van der Waals surface area contributed by atoms with Crippen LogP contribution >= 0.6 is 0 Å². The molecule has 0 aliphatic heterocycles. The summed E-state index contributed by atoms with van der Waals surface area (Å²) in [4.78, 5) is 0. The highest BCUT2D eigenvalue weighted by Crippen LogP contribution is 1.75. The molecule has 0 unspecified atom stereocenters. The lowest BCUT2D eigenvalue weighted by Crippen LogP contribution is -2.36. The summed E-state index contributed by atoms with van der Waals surface area (Å²) >= 11 is 0. The average molecular weight is 193 g/mol. The molecular weight excluding hydrogens is 178 g/mol. The second-order valence-corrected chi connectivity index (χ2v) is 4.33. The Morgan fingerprint density at radius 2 is 2.08 bits per heavy atom. The molecule has 0 aliphatic carbocycles. The number of rotatable bonds is 5. The van der Waals surface area contributed by atoms with E-state index in [4.69, 9.17) is 5.41 Å². The van der Waals surface area contributed by atoms with E-state index in [0.717, 1.165) is 12.7 Å². The van der Waals surface area contributed by atoms with Crippen molar-refractivity contribution in [3.05, 3.63) is 0 Å². The van der Waals surface area contributed by atoms with Crippen molar-refractivity contribution in [2.75, 3.05) is 19.3 Å². The van der Waals surface area contributed by atoms with Crippen LogP contribution in [0.1, 0.15) is 13.3 Å². The van der Waals surface area contributed by atoms with Gasteiger partial charge in [0.05, 0.1) is 12.8 Å². The number of nitrogens with one attached hydrogen (secondary N) is 3. The minimum atomic E-state index is -3.18. The molecule has 0 aromatic rings. The van der Waals surface area contributed by atoms with Crippen molar-refractivity contribution in [2.45, 2.75) is 13.3 Å². The Morgan fingerprint density at radius 1 is 1.50 bits per heavy atom. The van der Waals surface area contributed by atoms with Crippen molar-refractivity contribution >= 4 is 15.9 Å². The minimum Gasteiger partial charge on any atom is -0.373 e. The predicted octanol–water partition coefficient (Wildman–Crippen LogP) is -0.488. The highest BCUT2D eigenvalue weighted by Gasteiger charge is 2.01. The van der Waals surface area contributed by atoms with E-state index in [0.29, 0.717) is 6.54 Å². The first kappa shape index (κ1) is 11.4. The van der Waals surface area contributed by atoms with Crippen molar-refractivity contribution in [2.24, 2.45) is 0 Å². The number of amidine groups is 1. The van der Waals surface area contributed by atoms with Gasteiger partial charge >= 0.3 is 0 Å². The third-order valence-corrected chi connectivity index (χ3v) is 1.77. The minimum absolute atomic E-state index is 0.0405. The van der Waals surface area contributed by atoms with E-state index in [2.05, 4.69) is 10.0 Å². The van der Waals surface area contributed by atoms with Gasteiger partial charge in [0.25, 0.3) is 0 Å². The SMILES string of the molecule is CCCNC(=N)CNS(C)(=O)=O. The van der Waals surface area contributed by atoms with E-state index in [1.807, 2.05) is 6.92 Å². The number of hydrogen-bond donors (Lipinski definition) is 3. The van der Waals surface area contributed by atoms with E-state index >= 15 is 0 Å². The van der Waals surface area contributed by atoms with Crippen LogP contribution < -0.4 is 10.0 Å². The molecule has 72 valence electrons. The van der Waals surface area contributed by atoms with Crippen molar-refractivity contribution in [3.63, 3.8) is 0 Å². The van der Waals surface area contributed by atoms with Crippen LogP contribution in [0.5, 0.6) is 0 Å². The summed E-state index contributed by atoms with van der Waals surface area (Å²) in [5, 5.41) is 10.00. The van der Waals surface area contributed by atoms with Crippen molar-refractivity contribution < 1.29 is 8.42 Å². The van der Waals surface area contributed by atoms with Gasteiger partial charge in [0, 0.05) is 6.54 Å². The molecule has 0 atom stereocenters. The van der Waals surface area contributed by atoms with Gasteiger partial charge in [-0.25, -0.2) is 13.1 Å². The van der Waals surface area contributed by atoms with Gasteiger partial charge in [-0.3, -0.25) is 5.41 Å². The van der Waals surface area contributed by atoms with Gasteiger partial charge in [-0.2, -0.15) is 0 Å². The maximum Gasteiger partial charge on any atom is 0.209 e.